The molecule has 1 saturated heterocycles. The van der Waals surface area contributed by atoms with Gasteiger partial charge in [0.1, 0.15) is 5.82 Å². The number of ether oxygens (including phenoxy) is 2. The van der Waals surface area contributed by atoms with Crippen LogP contribution >= 0.6 is 15.9 Å². The van der Waals surface area contributed by atoms with Gasteiger partial charge in [-0.05, 0) is 41.4 Å². The van der Waals surface area contributed by atoms with Crippen molar-refractivity contribution in [1.29, 1.82) is 0 Å². The maximum Gasteiger partial charge on any atom is 0.143 e. The lowest BCUT2D eigenvalue weighted by Gasteiger charge is -2.37. The zero-order valence-corrected chi connectivity index (χ0v) is 12.6. The van der Waals surface area contributed by atoms with Crippen LogP contribution in [0, 0.1) is 6.92 Å². The Hall–Kier alpha value is -0.650. The highest BCUT2D eigenvalue weighted by molar-refractivity contribution is 9.10. The van der Waals surface area contributed by atoms with Gasteiger partial charge in [-0.2, -0.15) is 0 Å². The molecule has 0 bridgehead atoms. The van der Waals surface area contributed by atoms with E-state index in [1.54, 1.807) is 7.11 Å². The molecule has 0 radical (unpaired) electrons. The number of hydrogen-bond acceptors (Lipinski definition) is 4. The first-order valence-electron chi connectivity index (χ1n) is 6.11. The first kappa shape index (κ1) is 13.8. The fourth-order valence-corrected chi connectivity index (χ4v) is 2.97. The molecule has 1 fully saturated rings. The summed E-state index contributed by atoms with van der Waals surface area (Å²) in [5.41, 5.74) is 1.15. The van der Waals surface area contributed by atoms with Gasteiger partial charge in [0.25, 0.3) is 0 Å². The highest BCUT2D eigenvalue weighted by Gasteiger charge is 2.27. The van der Waals surface area contributed by atoms with Crippen LogP contribution in [-0.2, 0) is 9.47 Å². The lowest BCUT2D eigenvalue weighted by atomic mass is 10.2. The molecule has 2 atom stereocenters. The summed E-state index contributed by atoms with van der Waals surface area (Å²) in [7, 11) is 1.70. The Morgan fingerprint density at radius 2 is 2.33 bits per heavy atom. The van der Waals surface area contributed by atoms with E-state index in [1.807, 2.05) is 13.1 Å². The van der Waals surface area contributed by atoms with Gasteiger partial charge in [0.05, 0.1) is 23.3 Å². The SMILES string of the molecule is COC[C@@H]1CN(c2ncc(C)cc2Br)C[C@H](C)O1. The normalized spacial score (nSPS) is 24.3. The minimum absolute atomic E-state index is 0.105. The highest BCUT2D eigenvalue weighted by Crippen LogP contribution is 2.27. The first-order valence-corrected chi connectivity index (χ1v) is 6.91. The van der Waals surface area contributed by atoms with Gasteiger partial charge in [0, 0.05) is 26.4 Å². The van der Waals surface area contributed by atoms with E-state index in [-0.39, 0.29) is 12.2 Å². The Bertz CT molecular complexity index is 414. The van der Waals surface area contributed by atoms with E-state index in [0.717, 1.165) is 28.9 Å². The minimum Gasteiger partial charge on any atom is -0.382 e. The van der Waals surface area contributed by atoms with Crippen molar-refractivity contribution in [2.45, 2.75) is 26.1 Å². The standard InChI is InChI=1S/C13H19BrN2O2/c1-9-4-12(14)13(15-5-9)16-6-10(2)18-11(7-16)8-17-3/h4-5,10-11H,6-8H2,1-3H3/t10-,11-/m0/s1. The van der Waals surface area contributed by atoms with Crippen LogP contribution in [0.1, 0.15) is 12.5 Å². The predicted octanol–water partition coefficient (Wildman–Crippen LogP) is 2.39. The second-order valence-corrected chi connectivity index (χ2v) is 5.60. The second-order valence-electron chi connectivity index (χ2n) is 4.75. The Morgan fingerprint density at radius 1 is 1.56 bits per heavy atom. The molecular formula is C13H19BrN2O2. The van der Waals surface area contributed by atoms with Gasteiger partial charge in [-0.3, -0.25) is 0 Å². The molecule has 1 aromatic rings. The summed E-state index contributed by atoms with van der Waals surface area (Å²) >= 11 is 3.59. The number of methoxy groups -OCH3 is 1. The van der Waals surface area contributed by atoms with Crippen LogP contribution in [0.25, 0.3) is 0 Å². The third kappa shape index (κ3) is 3.22. The third-order valence-corrected chi connectivity index (χ3v) is 3.52. The molecule has 0 amide bonds. The summed E-state index contributed by atoms with van der Waals surface area (Å²) in [5.74, 6) is 0.983. The van der Waals surface area contributed by atoms with Crippen LogP contribution in [0.3, 0.4) is 0 Å². The summed E-state index contributed by atoms with van der Waals surface area (Å²) in [4.78, 5) is 6.76. The van der Waals surface area contributed by atoms with E-state index in [9.17, 15) is 0 Å². The van der Waals surface area contributed by atoms with Gasteiger partial charge >= 0.3 is 0 Å². The Labute approximate surface area is 116 Å². The minimum atomic E-state index is 0.105. The molecule has 0 spiro atoms. The molecule has 4 nitrogen and oxygen atoms in total. The number of nitrogens with zero attached hydrogens (tertiary/aromatic N) is 2. The van der Waals surface area contributed by atoms with Crippen molar-refractivity contribution < 1.29 is 9.47 Å². The van der Waals surface area contributed by atoms with Crippen molar-refractivity contribution in [2.24, 2.45) is 0 Å². The maximum atomic E-state index is 5.83. The van der Waals surface area contributed by atoms with E-state index >= 15 is 0 Å². The summed E-state index contributed by atoms with van der Waals surface area (Å²) in [6.07, 6.45) is 2.19. The molecule has 18 heavy (non-hydrogen) atoms. The Balaban J connectivity index is 2.16. The average molecular weight is 315 g/mol. The van der Waals surface area contributed by atoms with Gasteiger partial charge in [0.15, 0.2) is 0 Å². The summed E-state index contributed by atoms with van der Waals surface area (Å²) in [6.45, 7) is 6.40. The quantitative estimate of drug-likeness (QED) is 0.858. The number of hydrogen-bond donors (Lipinski definition) is 0. The van der Waals surface area contributed by atoms with Crippen molar-refractivity contribution >= 4 is 21.7 Å². The van der Waals surface area contributed by atoms with Crippen LogP contribution in [0.4, 0.5) is 5.82 Å². The Kier molecular flexibility index (Phi) is 4.59. The molecule has 1 aliphatic heterocycles. The van der Waals surface area contributed by atoms with E-state index < -0.39 is 0 Å². The molecule has 100 valence electrons. The number of aryl methyl sites for hydroxylation is 1. The lowest BCUT2D eigenvalue weighted by Crippen LogP contribution is -2.48. The fraction of sp³-hybridized carbons (Fsp3) is 0.615. The van der Waals surface area contributed by atoms with E-state index in [2.05, 4.69) is 38.8 Å². The van der Waals surface area contributed by atoms with Gasteiger partial charge < -0.3 is 14.4 Å². The molecule has 2 rings (SSSR count). The number of morpholine rings is 1. The van der Waals surface area contributed by atoms with Crippen LogP contribution in [0.15, 0.2) is 16.7 Å². The molecule has 0 unspecified atom stereocenters. The number of anilines is 1. The van der Waals surface area contributed by atoms with Crippen molar-refractivity contribution in [3.8, 4) is 0 Å². The van der Waals surface area contributed by atoms with Crippen LogP contribution in [0.2, 0.25) is 0 Å². The molecule has 5 heteroatoms. The zero-order chi connectivity index (χ0) is 13.1. The average Bonchev–Trinajstić information content (AvgIpc) is 2.28. The van der Waals surface area contributed by atoms with Gasteiger partial charge in [0.2, 0.25) is 0 Å². The van der Waals surface area contributed by atoms with E-state index in [1.165, 1.54) is 0 Å². The summed E-state index contributed by atoms with van der Waals surface area (Å²) in [6, 6.07) is 2.09. The Morgan fingerprint density at radius 3 is 3.00 bits per heavy atom. The van der Waals surface area contributed by atoms with Gasteiger partial charge in [-0.1, -0.05) is 0 Å². The fourth-order valence-electron chi connectivity index (χ4n) is 2.26. The lowest BCUT2D eigenvalue weighted by molar-refractivity contribution is -0.0513. The summed E-state index contributed by atoms with van der Waals surface area (Å²) < 4.78 is 12.0. The molecule has 0 aliphatic carbocycles. The van der Waals surface area contributed by atoms with Gasteiger partial charge in [-0.15, -0.1) is 0 Å². The molecule has 0 aromatic carbocycles. The van der Waals surface area contributed by atoms with Crippen LogP contribution in [0.5, 0.6) is 0 Å². The van der Waals surface area contributed by atoms with Crippen LogP contribution < -0.4 is 4.90 Å². The zero-order valence-electron chi connectivity index (χ0n) is 11.0. The van der Waals surface area contributed by atoms with Crippen molar-refractivity contribution in [1.82, 2.24) is 4.98 Å². The molecular weight excluding hydrogens is 296 g/mol. The number of halogens is 1. The van der Waals surface area contributed by atoms with Crippen molar-refractivity contribution in [3.05, 3.63) is 22.3 Å². The smallest absolute Gasteiger partial charge is 0.143 e. The molecule has 0 N–H and O–H groups in total. The molecule has 2 heterocycles. The van der Waals surface area contributed by atoms with Crippen molar-refractivity contribution in [3.63, 3.8) is 0 Å². The van der Waals surface area contributed by atoms with Gasteiger partial charge in [-0.25, -0.2) is 4.98 Å². The first-order chi connectivity index (χ1) is 8.60. The number of aromatic nitrogens is 1. The predicted molar refractivity (Wildman–Crippen MR) is 75.1 cm³/mol. The van der Waals surface area contributed by atoms with E-state index in [0.29, 0.717) is 6.61 Å². The largest absolute Gasteiger partial charge is 0.382 e. The summed E-state index contributed by atoms with van der Waals surface area (Å²) in [5, 5.41) is 0. The molecule has 1 aromatic heterocycles. The monoisotopic (exact) mass is 314 g/mol. The van der Waals surface area contributed by atoms with Crippen molar-refractivity contribution in [2.75, 3.05) is 31.7 Å². The topological polar surface area (TPSA) is 34.6 Å². The molecule has 0 saturated carbocycles. The molecule has 1 aliphatic rings. The third-order valence-electron chi connectivity index (χ3n) is 2.94. The van der Waals surface area contributed by atoms with E-state index in [4.69, 9.17) is 9.47 Å². The second kappa shape index (κ2) is 5.99. The number of rotatable bonds is 3. The number of pyridine rings is 1. The van der Waals surface area contributed by atoms with Crippen LogP contribution in [-0.4, -0.2) is 44.0 Å². The highest BCUT2D eigenvalue weighted by atomic mass is 79.9. The maximum absolute atomic E-state index is 5.83.